The van der Waals surface area contributed by atoms with Crippen LogP contribution in [-0.2, 0) is 14.3 Å². The highest BCUT2D eigenvalue weighted by Gasteiger charge is 2.27. The summed E-state index contributed by atoms with van der Waals surface area (Å²) in [6, 6.07) is 0. The Morgan fingerprint density at radius 2 is 1.83 bits per heavy atom. The van der Waals surface area contributed by atoms with Gasteiger partial charge in [-0.15, -0.1) is 0 Å². The van der Waals surface area contributed by atoms with Crippen LogP contribution in [0.3, 0.4) is 0 Å². The maximum Gasteiger partial charge on any atom is 0.411 e. The third kappa shape index (κ3) is 12.8. The van der Waals surface area contributed by atoms with E-state index in [9.17, 15) is 22.8 Å². The van der Waals surface area contributed by atoms with Gasteiger partial charge in [-0.1, -0.05) is 6.42 Å². The van der Waals surface area contributed by atoms with E-state index in [2.05, 4.69) is 10.1 Å². The molecule has 0 bridgehead atoms. The van der Waals surface area contributed by atoms with Crippen molar-refractivity contribution in [1.82, 2.24) is 5.32 Å². The van der Waals surface area contributed by atoms with Crippen LogP contribution in [0, 0.1) is 0 Å². The van der Waals surface area contributed by atoms with E-state index in [4.69, 9.17) is 5.11 Å². The van der Waals surface area contributed by atoms with Crippen molar-refractivity contribution in [2.45, 2.75) is 31.9 Å². The minimum absolute atomic E-state index is 0.0721. The average molecular weight is 271 g/mol. The van der Waals surface area contributed by atoms with E-state index >= 15 is 0 Å². The quantitative estimate of drug-likeness (QED) is 0.620. The van der Waals surface area contributed by atoms with E-state index < -0.39 is 31.3 Å². The summed E-state index contributed by atoms with van der Waals surface area (Å²) in [6.07, 6.45) is -2.64. The predicted molar refractivity (Wildman–Crippen MR) is 56.0 cm³/mol. The third-order valence-corrected chi connectivity index (χ3v) is 1.89. The lowest BCUT2D eigenvalue weighted by Crippen LogP contribution is -2.30. The number of hydrogen-bond acceptors (Lipinski definition) is 3. The van der Waals surface area contributed by atoms with Gasteiger partial charge in [-0.3, -0.25) is 9.59 Å². The van der Waals surface area contributed by atoms with E-state index in [-0.39, 0.29) is 6.42 Å². The van der Waals surface area contributed by atoms with Crippen molar-refractivity contribution >= 4 is 11.9 Å². The summed E-state index contributed by atoms with van der Waals surface area (Å²) >= 11 is 0. The Bertz CT molecular complexity index is 268. The summed E-state index contributed by atoms with van der Waals surface area (Å²) in [4.78, 5) is 21.1. The number of hydrogen-bond donors (Lipinski definition) is 2. The highest BCUT2D eigenvalue weighted by Crippen LogP contribution is 2.13. The summed E-state index contributed by atoms with van der Waals surface area (Å²) < 4.78 is 39.1. The molecule has 0 unspecified atom stereocenters. The minimum atomic E-state index is -4.43. The van der Waals surface area contributed by atoms with E-state index in [0.717, 1.165) is 0 Å². The first-order valence-electron chi connectivity index (χ1n) is 5.44. The molecule has 0 aromatic rings. The van der Waals surface area contributed by atoms with Crippen LogP contribution >= 0.6 is 0 Å². The fourth-order valence-corrected chi connectivity index (χ4v) is 1.12. The number of carbonyl (C=O) groups excluding carboxylic acids is 1. The van der Waals surface area contributed by atoms with E-state index in [1.54, 1.807) is 0 Å². The van der Waals surface area contributed by atoms with Crippen LogP contribution in [0.15, 0.2) is 0 Å². The zero-order valence-electron chi connectivity index (χ0n) is 9.76. The highest BCUT2D eigenvalue weighted by atomic mass is 19.4. The Hall–Kier alpha value is -1.31. The largest absolute Gasteiger partial charge is 0.481 e. The molecule has 5 nitrogen and oxygen atoms in total. The maximum atomic E-state index is 11.7. The van der Waals surface area contributed by atoms with Gasteiger partial charge in [-0.05, 0) is 12.8 Å². The summed E-state index contributed by atoms with van der Waals surface area (Å²) in [5.74, 6) is -1.49. The molecule has 0 fully saturated rings. The van der Waals surface area contributed by atoms with Gasteiger partial charge in [0.05, 0.1) is 0 Å². The van der Waals surface area contributed by atoms with Gasteiger partial charge in [-0.25, -0.2) is 0 Å². The Kier molecular flexibility index (Phi) is 8.10. The lowest BCUT2D eigenvalue weighted by molar-refractivity contribution is -0.175. The molecular formula is C10H16F3NO4. The van der Waals surface area contributed by atoms with Gasteiger partial charge in [0.25, 0.3) is 0 Å². The fourth-order valence-electron chi connectivity index (χ4n) is 1.12. The van der Waals surface area contributed by atoms with Gasteiger partial charge in [0, 0.05) is 13.0 Å². The Morgan fingerprint density at radius 1 is 1.17 bits per heavy atom. The van der Waals surface area contributed by atoms with Crippen molar-refractivity contribution in [2.75, 3.05) is 19.8 Å². The molecule has 0 radical (unpaired) electrons. The Balaban J connectivity index is 3.35. The number of carboxylic acids is 1. The highest BCUT2D eigenvalue weighted by molar-refractivity contribution is 5.77. The molecule has 0 rings (SSSR count). The third-order valence-electron chi connectivity index (χ3n) is 1.89. The maximum absolute atomic E-state index is 11.7. The van der Waals surface area contributed by atoms with Crippen molar-refractivity contribution in [2.24, 2.45) is 0 Å². The van der Waals surface area contributed by atoms with Crippen LogP contribution in [0.25, 0.3) is 0 Å². The number of aliphatic carboxylic acids is 1. The SMILES string of the molecule is O=C(O)CCCCCNC(=O)COCC(F)(F)F. The molecule has 8 heteroatoms. The molecule has 0 saturated carbocycles. The van der Waals surface area contributed by atoms with Crippen LogP contribution in [-0.4, -0.2) is 42.9 Å². The van der Waals surface area contributed by atoms with Crippen molar-refractivity contribution < 1.29 is 32.6 Å². The standard InChI is InChI=1S/C10H16F3NO4/c11-10(12,13)7-18-6-8(15)14-5-3-1-2-4-9(16)17/h1-7H2,(H,14,15)(H,16,17). The fraction of sp³-hybridized carbons (Fsp3) is 0.800. The monoisotopic (exact) mass is 271 g/mol. The molecule has 0 saturated heterocycles. The van der Waals surface area contributed by atoms with Gasteiger partial charge < -0.3 is 15.2 Å². The molecule has 106 valence electrons. The van der Waals surface area contributed by atoms with Gasteiger partial charge in [0.15, 0.2) is 0 Å². The zero-order chi connectivity index (χ0) is 14.0. The molecule has 0 aliphatic carbocycles. The Labute approximate surface area is 102 Å². The van der Waals surface area contributed by atoms with E-state index in [1.165, 1.54) is 0 Å². The number of amides is 1. The van der Waals surface area contributed by atoms with Crippen LogP contribution in [0.5, 0.6) is 0 Å². The number of rotatable bonds is 9. The van der Waals surface area contributed by atoms with Crippen molar-refractivity contribution in [3.63, 3.8) is 0 Å². The summed E-state index contributed by atoms with van der Waals surface area (Å²) in [7, 11) is 0. The van der Waals surface area contributed by atoms with Gasteiger partial charge in [0.1, 0.15) is 13.2 Å². The molecule has 1 amide bonds. The first-order valence-corrected chi connectivity index (χ1v) is 5.44. The second kappa shape index (κ2) is 8.73. The topological polar surface area (TPSA) is 75.6 Å². The van der Waals surface area contributed by atoms with Crippen molar-refractivity contribution in [1.29, 1.82) is 0 Å². The zero-order valence-corrected chi connectivity index (χ0v) is 9.76. The second-order valence-electron chi connectivity index (χ2n) is 3.66. The van der Waals surface area contributed by atoms with Crippen LogP contribution in [0.4, 0.5) is 13.2 Å². The molecule has 0 atom stereocenters. The summed E-state index contributed by atoms with van der Waals surface area (Å²) in [5, 5.41) is 10.7. The predicted octanol–water partition coefficient (Wildman–Crippen LogP) is 1.33. The molecule has 18 heavy (non-hydrogen) atoms. The Morgan fingerprint density at radius 3 is 2.39 bits per heavy atom. The summed E-state index contributed by atoms with van der Waals surface area (Å²) in [6.45, 7) is -1.78. The van der Waals surface area contributed by atoms with Crippen LogP contribution in [0.2, 0.25) is 0 Å². The molecule has 0 aromatic heterocycles. The first kappa shape index (κ1) is 16.7. The number of ether oxygens (including phenoxy) is 1. The molecule has 0 heterocycles. The van der Waals surface area contributed by atoms with Crippen LogP contribution in [0.1, 0.15) is 25.7 Å². The number of carboxylic acid groups (broad SMARTS) is 1. The van der Waals surface area contributed by atoms with E-state index in [0.29, 0.717) is 25.8 Å². The molecule has 0 aromatic carbocycles. The normalized spacial score (nSPS) is 11.3. The summed E-state index contributed by atoms with van der Waals surface area (Å²) in [5.41, 5.74) is 0. The number of carbonyl (C=O) groups is 2. The minimum Gasteiger partial charge on any atom is -0.481 e. The van der Waals surface area contributed by atoms with Gasteiger partial charge >= 0.3 is 12.1 Å². The van der Waals surface area contributed by atoms with Gasteiger partial charge in [-0.2, -0.15) is 13.2 Å². The number of alkyl halides is 3. The van der Waals surface area contributed by atoms with Crippen LogP contribution < -0.4 is 5.32 Å². The van der Waals surface area contributed by atoms with Gasteiger partial charge in [0.2, 0.25) is 5.91 Å². The molecule has 0 aliphatic heterocycles. The lowest BCUT2D eigenvalue weighted by Gasteiger charge is -2.08. The smallest absolute Gasteiger partial charge is 0.411 e. The second-order valence-corrected chi connectivity index (χ2v) is 3.66. The van der Waals surface area contributed by atoms with Crippen molar-refractivity contribution in [3.8, 4) is 0 Å². The average Bonchev–Trinajstić information content (AvgIpc) is 2.20. The first-order chi connectivity index (χ1) is 8.31. The lowest BCUT2D eigenvalue weighted by atomic mass is 10.2. The van der Waals surface area contributed by atoms with E-state index in [1.807, 2.05) is 0 Å². The molecule has 0 spiro atoms. The molecular weight excluding hydrogens is 255 g/mol. The number of unbranched alkanes of at least 4 members (excludes halogenated alkanes) is 2. The molecule has 2 N–H and O–H groups in total. The molecule has 0 aliphatic rings. The number of halogens is 3. The van der Waals surface area contributed by atoms with Crippen molar-refractivity contribution in [3.05, 3.63) is 0 Å². The number of nitrogens with one attached hydrogen (secondary N) is 1.